The van der Waals surface area contributed by atoms with E-state index in [0.29, 0.717) is 17.7 Å². The molecule has 1 aromatic heterocycles. The van der Waals surface area contributed by atoms with Gasteiger partial charge in [0, 0.05) is 5.39 Å². The van der Waals surface area contributed by atoms with Crippen molar-refractivity contribution in [2.45, 2.75) is 46.7 Å². The molecule has 2 aromatic carbocycles. The molecule has 7 nitrogen and oxygen atoms in total. The highest BCUT2D eigenvalue weighted by Crippen LogP contribution is 2.46. The number of rotatable bonds is 8. The number of nitrogens with one attached hydrogen (secondary N) is 1. The van der Waals surface area contributed by atoms with E-state index in [4.69, 9.17) is 4.74 Å². The molecule has 5 rings (SSSR count). The van der Waals surface area contributed by atoms with Gasteiger partial charge in [0.2, 0.25) is 0 Å². The summed E-state index contributed by atoms with van der Waals surface area (Å²) in [5.74, 6) is 0.361. The third-order valence-corrected chi connectivity index (χ3v) is 7.25. The van der Waals surface area contributed by atoms with Crippen molar-refractivity contribution in [2.75, 3.05) is 33.4 Å². The fraction of sp³-hybridized carbons (Fsp3) is 0.462. The summed E-state index contributed by atoms with van der Waals surface area (Å²) in [6, 6.07) is 6.05. The third kappa shape index (κ3) is 3.09. The lowest BCUT2D eigenvalue weighted by atomic mass is 9.93. The summed E-state index contributed by atoms with van der Waals surface area (Å²) in [7, 11) is 1.67. The van der Waals surface area contributed by atoms with Gasteiger partial charge in [-0.05, 0) is 62.2 Å². The maximum atomic E-state index is 13.7. The van der Waals surface area contributed by atoms with Gasteiger partial charge in [0.15, 0.2) is 0 Å². The molecule has 0 bridgehead atoms. The molecule has 3 aromatic rings. The number of aromatic nitrogens is 1. The molecule has 2 amide bonds. The number of carbonyl (C=O) groups excluding carboxylic acids is 2. The Bertz CT molecular complexity index is 1270. The molecule has 174 valence electrons. The van der Waals surface area contributed by atoms with Crippen LogP contribution in [-0.2, 0) is 19.5 Å². The number of aryl methyl sites for hydroxylation is 1. The van der Waals surface area contributed by atoms with Crippen LogP contribution in [0.25, 0.3) is 21.8 Å². The maximum Gasteiger partial charge on any atom is 0.263 e. The van der Waals surface area contributed by atoms with Crippen LogP contribution < -0.4 is 10.1 Å². The molecule has 0 atom stereocenters. The molecule has 0 unspecified atom stereocenters. The summed E-state index contributed by atoms with van der Waals surface area (Å²) in [4.78, 5) is 31.0. The van der Waals surface area contributed by atoms with Crippen molar-refractivity contribution in [2.24, 2.45) is 0 Å². The Kier molecular flexibility index (Phi) is 5.62. The SMILES string of the molecule is CCNCN1C(=O)c2c3c(c4c(c2C1=O)c1c(OC)cccc1n4CN(CC)CC)CCC3. The molecule has 0 radical (unpaired) electrons. The Labute approximate surface area is 194 Å². The molecule has 0 saturated carbocycles. The van der Waals surface area contributed by atoms with E-state index in [1.807, 2.05) is 19.1 Å². The maximum absolute atomic E-state index is 13.7. The number of imide groups is 1. The van der Waals surface area contributed by atoms with Gasteiger partial charge in [-0.15, -0.1) is 0 Å². The number of hydrogen-bond acceptors (Lipinski definition) is 5. The van der Waals surface area contributed by atoms with Crippen LogP contribution in [0.15, 0.2) is 18.2 Å². The molecule has 0 saturated heterocycles. The van der Waals surface area contributed by atoms with Gasteiger partial charge in [-0.3, -0.25) is 24.7 Å². The first-order valence-corrected chi connectivity index (χ1v) is 12.0. The highest BCUT2D eigenvalue weighted by atomic mass is 16.5. The first-order chi connectivity index (χ1) is 16.1. The van der Waals surface area contributed by atoms with Crippen molar-refractivity contribution < 1.29 is 14.3 Å². The smallest absolute Gasteiger partial charge is 0.263 e. The van der Waals surface area contributed by atoms with Crippen molar-refractivity contribution in [1.82, 2.24) is 19.7 Å². The fourth-order valence-electron chi connectivity index (χ4n) is 5.60. The van der Waals surface area contributed by atoms with Gasteiger partial charge >= 0.3 is 0 Å². The molecule has 1 aliphatic heterocycles. The van der Waals surface area contributed by atoms with E-state index in [1.165, 1.54) is 10.5 Å². The van der Waals surface area contributed by atoms with E-state index in [0.717, 1.165) is 72.1 Å². The summed E-state index contributed by atoms with van der Waals surface area (Å²) < 4.78 is 8.13. The van der Waals surface area contributed by atoms with Crippen LogP contribution in [0.3, 0.4) is 0 Å². The Morgan fingerprint density at radius 3 is 2.42 bits per heavy atom. The van der Waals surface area contributed by atoms with Crippen LogP contribution in [0.5, 0.6) is 5.75 Å². The van der Waals surface area contributed by atoms with Gasteiger partial charge in [0.25, 0.3) is 11.8 Å². The van der Waals surface area contributed by atoms with Gasteiger partial charge < -0.3 is 9.30 Å². The summed E-state index contributed by atoms with van der Waals surface area (Å²) in [6.07, 6.45) is 2.76. The summed E-state index contributed by atoms with van der Waals surface area (Å²) in [5.41, 5.74) is 5.60. The first kappa shape index (κ1) is 21.9. The predicted octanol–water partition coefficient (Wildman–Crippen LogP) is 3.75. The van der Waals surface area contributed by atoms with E-state index in [1.54, 1.807) is 7.11 Å². The van der Waals surface area contributed by atoms with Crippen molar-refractivity contribution >= 4 is 33.6 Å². The van der Waals surface area contributed by atoms with Crippen LogP contribution in [0.1, 0.15) is 59.0 Å². The molecule has 2 aliphatic rings. The van der Waals surface area contributed by atoms with Crippen molar-refractivity contribution in [3.05, 3.63) is 40.5 Å². The Morgan fingerprint density at radius 2 is 1.73 bits per heavy atom. The molecule has 1 N–H and O–H groups in total. The molecular formula is C26H32N4O3. The second kappa shape index (κ2) is 8.47. The Balaban J connectivity index is 1.91. The molecule has 33 heavy (non-hydrogen) atoms. The molecular weight excluding hydrogens is 416 g/mol. The molecule has 2 heterocycles. The fourth-order valence-corrected chi connectivity index (χ4v) is 5.60. The minimum atomic E-state index is -0.205. The van der Waals surface area contributed by atoms with E-state index in [2.05, 4.69) is 34.7 Å². The Hall–Kier alpha value is -2.90. The van der Waals surface area contributed by atoms with Crippen molar-refractivity contribution in [1.29, 1.82) is 0 Å². The van der Waals surface area contributed by atoms with E-state index in [9.17, 15) is 9.59 Å². The highest BCUT2D eigenvalue weighted by Gasteiger charge is 2.42. The highest BCUT2D eigenvalue weighted by molar-refractivity contribution is 6.32. The average Bonchev–Trinajstić information content (AvgIpc) is 3.50. The van der Waals surface area contributed by atoms with Crippen LogP contribution in [0.2, 0.25) is 0 Å². The molecule has 7 heteroatoms. The number of hydrogen-bond donors (Lipinski definition) is 1. The number of benzene rings is 2. The topological polar surface area (TPSA) is 66.8 Å². The monoisotopic (exact) mass is 448 g/mol. The zero-order valence-corrected chi connectivity index (χ0v) is 20.0. The van der Waals surface area contributed by atoms with Crippen LogP contribution in [0, 0.1) is 0 Å². The van der Waals surface area contributed by atoms with Gasteiger partial charge in [0.05, 0.1) is 48.0 Å². The lowest BCUT2D eigenvalue weighted by Crippen LogP contribution is -2.38. The van der Waals surface area contributed by atoms with Gasteiger partial charge in [-0.2, -0.15) is 0 Å². The van der Waals surface area contributed by atoms with Gasteiger partial charge in [-0.25, -0.2) is 0 Å². The lowest BCUT2D eigenvalue weighted by Gasteiger charge is -2.21. The number of amides is 2. The number of fused-ring (bicyclic) bond motifs is 8. The summed E-state index contributed by atoms with van der Waals surface area (Å²) in [5, 5.41) is 4.96. The number of ether oxygens (including phenoxy) is 1. The quantitative estimate of drug-likeness (QED) is 0.532. The minimum Gasteiger partial charge on any atom is -0.496 e. The van der Waals surface area contributed by atoms with E-state index in [-0.39, 0.29) is 18.5 Å². The standard InChI is InChI=1S/C26H32N4O3/c1-5-27-14-29-25(31)20-16-10-8-11-17(16)24-22(23(20)26(29)32)21-18(12-9-13-19(21)33-4)30(24)15-28(6-2)7-3/h9,12-13,27H,5-8,10-11,14-15H2,1-4H3. The largest absolute Gasteiger partial charge is 0.496 e. The zero-order valence-electron chi connectivity index (χ0n) is 20.0. The van der Waals surface area contributed by atoms with E-state index < -0.39 is 0 Å². The summed E-state index contributed by atoms with van der Waals surface area (Å²) >= 11 is 0. The summed E-state index contributed by atoms with van der Waals surface area (Å²) in [6.45, 7) is 9.83. The predicted molar refractivity (Wildman–Crippen MR) is 130 cm³/mol. The molecule has 1 aliphatic carbocycles. The number of nitrogens with zero attached hydrogens (tertiary/aromatic N) is 3. The van der Waals surface area contributed by atoms with Gasteiger partial charge in [0.1, 0.15) is 5.75 Å². The van der Waals surface area contributed by atoms with Crippen LogP contribution in [-0.4, -0.2) is 59.6 Å². The second-order valence-electron chi connectivity index (χ2n) is 8.81. The average molecular weight is 449 g/mol. The number of carbonyl (C=O) groups is 2. The van der Waals surface area contributed by atoms with Crippen molar-refractivity contribution in [3.63, 3.8) is 0 Å². The third-order valence-electron chi connectivity index (χ3n) is 7.25. The second-order valence-corrected chi connectivity index (χ2v) is 8.81. The Morgan fingerprint density at radius 1 is 1.00 bits per heavy atom. The lowest BCUT2D eigenvalue weighted by molar-refractivity contribution is 0.0643. The van der Waals surface area contributed by atoms with Gasteiger partial charge in [-0.1, -0.05) is 26.8 Å². The first-order valence-electron chi connectivity index (χ1n) is 12.0. The van der Waals surface area contributed by atoms with Crippen LogP contribution >= 0.6 is 0 Å². The van der Waals surface area contributed by atoms with Crippen molar-refractivity contribution in [3.8, 4) is 5.75 Å². The van der Waals surface area contributed by atoms with E-state index >= 15 is 0 Å². The number of methoxy groups -OCH3 is 1. The van der Waals surface area contributed by atoms with Crippen LogP contribution in [0.4, 0.5) is 0 Å². The zero-order chi connectivity index (χ0) is 23.3. The minimum absolute atomic E-state index is 0.171. The normalized spacial score (nSPS) is 15.4. The molecule has 0 fully saturated rings. The molecule has 0 spiro atoms.